The molecule has 1 aromatic carbocycles. The van der Waals surface area contributed by atoms with Crippen LogP contribution in [0.4, 0.5) is 14.9 Å². The highest BCUT2D eigenvalue weighted by Gasteiger charge is 2.32. The minimum Gasteiger partial charge on any atom is -0.449 e. The van der Waals surface area contributed by atoms with E-state index in [0.29, 0.717) is 25.2 Å². The van der Waals surface area contributed by atoms with Crippen molar-refractivity contribution in [1.29, 1.82) is 0 Å². The van der Waals surface area contributed by atoms with E-state index in [2.05, 4.69) is 4.74 Å². The summed E-state index contributed by atoms with van der Waals surface area (Å²) in [5.41, 5.74) is -0.360. The predicted molar refractivity (Wildman–Crippen MR) is 105 cm³/mol. The number of aromatic nitrogens is 1. The second kappa shape index (κ2) is 7.22. The first kappa shape index (κ1) is 19.5. The first-order valence-electron chi connectivity index (χ1n) is 9.32. The van der Waals surface area contributed by atoms with Crippen molar-refractivity contribution in [3.63, 3.8) is 0 Å². The van der Waals surface area contributed by atoms with Crippen LogP contribution in [0.5, 0.6) is 5.75 Å². The summed E-state index contributed by atoms with van der Waals surface area (Å²) in [7, 11) is 0. The van der Waals surface area contributed by atoms with E-state index in [4.69, 9.17) is 16.7 Å². The molecule has 2 fully saturated rings. The molecule has 0 atom stereocenters. The number of pyridine rings is 1. The molecule has 2 heterocycles. The maximum atomic E-state index is 15.0. The largest absolute Gasteiger partial charge is 0.511 e. The molecule has 154 valence electrons. The van der Waals surface area contributed by atoms with Crippen LogP contribution >= 0.6 is 11.6 Å². The lowest BCUT2D eigenvalue weighted by atomic mass is 10.1. The van der Waals surface area contributed by atoms with Crippen molar-refractivity contribution in [2.75, 3.05) is 31.1 Å². The number of fused-ring (bicyclic) bond motifs is 1. The molecule has 29 heavy (non-hydrogen) atoms. The molecule has 1 saturated carbocycles. The number of amides is 1. The lowest BCUT2D eigenvalue weighted by Crippen LogP contribution is -2.50. The number of piperazine rings is 1. The molecule has 1 aliphatic heterocycles. The van der Waals surface area contributed by atoms with Crippen molar-refractivity contribution in [2.24, 2.45) is 0 Å². The fourth-order valence-electron chi connectivity index (χ4n) is 3.74. The van der Waals surface area contributed by atoms with E-state index in [1.807, 2.05) is 6.92 Å². The van der Waals surface area contributed by atoms with E-state index in [1.54, 1.807) is 14.4 Å². The van der Waals surface area contributed by atoms with Crippen molar-refractivity contribution < 1.29 is 23.8 Å². The molecule has 8 nitrogen and oxygen atoms in total. The minimum absolute atomic E-state index is 0.0101. The first-order chi connectivity index (χ1) is 13.8. The van der Waals surface area contributed by atoms with E-state index in [-0.39, 0.29) is 34.6 Å². The van der Waals surface area contributed by atoms with Crippen LogP contribution in [-0.4, -0.2) is 52.8 Å². The SMILES string of the molecule is CCN1CCN(c2c(F)cc3c(=O)c(OC(=O)O)cn(C4CC4)c3c2Cl)CC1=O. The lowest BCUT2D eigenvalue weighted by molar-refractivity contribution is -0.130. The molecule has 2 aromatic rings. The van der Waals surface area contributed by atoms with Gasteiger partial charge in [0.25, 0.3) is 0 Å². The number of hydrogen-bond donors (Lipinski definition) is 1. The molecule has 1 aromatic heterocycles. The second-order valence-corrected chi connectivity index (χ2v) is 7.52. The normalized spacial score (nSPS) is 17.1. The lowest BCUT2D eigenvalue weighted by Gasteiger charge is -2.35. The minimum atomic E-state index is -1.63. The molecule has 0 radical (unpaired) electrons. The van der Waals surface area contributed by atoms with Gasteiger partial charge < -0.3 is 24.2 Å². The molecule has 0 unspecified atom stereocenters. The van der Waals surface area contributed by atoms with Gasteiger partial charge in [0, 0.05) is 25.7 Å². The Kier molecular flexibility index (Phi) is 4.85. The van der Waals surface area contributed by atoms with Gasteiger partial charge in [-0.2, -0.15) is 0 Å². The predicted octanol–water partition coefficient (Wildman–Crippen LogP) is 2.85. The molecule has 0 spiro atoms. The van der Waals surface area contributed by atoms with E-state index in [9.17, 15) is 14.4 Å². The third-order valence-corrected chi connectivity index (χ3v) is 5.66. The number of carboxylic acid groups (broad SMARTS) is 1. The molecular weight excluding hydrogens is 405 g/mol. The van der Waals surface area contributed by atoms with Crippen LogP contribution in [0.3, 0.4) is 0 Å². The highest BCUT2D eigenvalue weighted by Crippen LogP contribution is 2.42. The first-order valence-corrected chi connectivity index (χ1v) is 9.70. The summed E-state index contributed by atoms with van der Waals surface area (Å²) >= 11 is 6.58. The van der Waals surface area contributed by atoms with Crippen LogP contribution < -0.4 is 15.1 Å². The second-order valence-electron chi connectivity index (χ2n) is 7.14. The number of rotatable bonds is 4. The van der Waals surface area contributed by atoms with E-state index in [1.165, 1.54) is 6.20 Å². The number of benzene rings is 1. The number of carbonyl (C=O) groups excluding carboxylic acids is 1. The summed E-state index contributed by atoms with van der Waals surface area (Å²) in [5, 5.41) is 8.86. The van der Waals surface area contributed by atoms with Crippen LogP contribution in [0.25, 0.3) is 10.9 Å². The Hall–Kier alpha value is -2.81. The zero-order valence-corrected chi connectivity index (χ0v) is 16.4. The van der Waals surface area contributed by atoms with Crippen molar-refractivity contribution in [2.45, 2.75) is 25.8 Å². The van der Waals surface area contributed by atoms with Gasteiger partial charge in [-0.1, -0.05) is 11.6 Å². The van der Waals surface area contributed by atoms with Crippen LogP contribution in [0.1, 0.15) is 25.8 Å². The Labute approximate surface area is 170 Å². The van der Waals surface area contributed by atoms with Crippen LogP contribution in [-0.2, 0) is 4.79 Å². The molecule has 2 aliphatic rings. The number of likely N-dealkylation sites (N-methyl/N-ethyl adjacent to an activating group) is 1. The maximum Gasteiger partial charge on any atom is 0.511 e. The van der Waals surface area contributed by atoms with Gasteiger partial charge in [0.05, 0.1) is 34.4 Å². The smallest absolute Gasteiger partial charge is 0.449 e. The maximum absolute atomic E-state index is 15.0. The molecule has 4 rings (SSSR count). The van der Waals surface area contributed by atoms with Crippen molar-refractivity contribution in [1.82, 2.24) is 9.47 Å². The van der Waals surface area contributed by atoms with Gasteiger partial charge in [0.1, 0.15) is 5.82 Å². The van der Waals surface area contributed by atoms with Gasteiger partial charge >= 0.3 is 6.16 Å². The standard InChI is InChI=1S/C19H19ClFN3O5/c1-2-22-5-6-23(9-14(22)25)17-12(21)7-11-16(15(17)20)24(10-3-4-10)8-13(18(11)26)29-19(27)28/h7-8,10H,2-6,9H2,1H3,(H,27,28). The Morgan fingerprint density at radius 3 is 2.66 bits per heavy atom. The molecule has 1 N–H and O–H groups in total. The van der Waals surface area contributed by atoms with Crippen LogP contribution in [0.15, 0.2) is 17.1 Å². The average Bonchev–Trinajstić information content (AvgIpc) is 3.49. The molecule has 1 amide bonds. The Balaban J connectivity index is 1.89. The monoisotopic (exact) mass is 423 g/mol. The van der Waals surface area contributed by atoms with Gasteiger partial charge in [0.2, 0.25) is 11.3 Å². The summed E-state index contributed by atoms with van der Waals surface area (Å²) in [6.45, 7) is 3.31. The molecule has 1 saturated heterocycles. The zero-order chi connectivity index (χ0) is 20.9. The number of hydrogen-bond acceptors (Lipinski definition) is 5. The van der Waals surface area contributed by atoms with E-state index >= 15 is 4.39 Å². The average molecular weight is 424 g/mol. The number of anilines is 1. The summed E-state index contributed by atoms with van der Waals surface area (Å²) < 4.78 is 21.3. The topological polar surface area (TPSA) is 92.1 Å². The van der Waals surface area contributed by atoms with E-state index in [0.717, 1.165) is 18.9 Å². The molecule has 1 aliphatic carbocycles. The zero-order valence-electron chi connectivity index (χ0n) is 15.7. The molecule has 10 heteroatoms. The highest BCUT2D eigenvalue weighted by atomic mass is 35.5. The van der Waals surface area contributed by atoms with E-state index < -0.39 is 23.2 Å². The Bertz CT molecular complexity index is 1080. The highest BCUT2D eigenvalue weighted by molar-refractivity contribution is 6.38. The number of nitrogens with zero attached hydrogens (tertiary/aromatic N) is 3. The van der Waals surface area contributed by atoms with Gasteiger partial charge in [-0.3, -0.25) is 9.59 Å². The summed E-state index contributed by atoms with van der Waals surface area (Å²) in [6.07, 6.45) is 1.33. The summed E-state index contributed by atoms with van der Waals surface area (Å²) in [6, 6.07) is 1.06. The van der Waals surface area contributed by atoms with Gasteiger partial charge in [-0.05, 0) is 25.8 Å². The van der Waals surface area contributed by atoms with Crippen molar-refractivity contribution >= 4 is 40.3 Å². The van der Waals surface area contributed by atoms with Crippen LogP contribution in [0, 0.1) is 5.82 Å². The van der Waals surface area contributed by atoms with Crippen molar-refractivity contribution in [3.8, 4) is 5.75 Å². The molecule has 0 bridgehead atoms. The molecular formula is C19H19ClFN3O5. The quantitative estimate of drug-likeness (QED) is 0.760. The Morgan fingerprint density at radius 1 is 1.34 bits per heavy atom. The van der Waals surface area contributed by atoms with Crippen LogP contribution in [0.2, 0.25) is 5.02 Å². The van der Waals surface area contributed by atoms with Gasteiger partial charge in [-0.25, -0.2) is 9.18 Å². The fourth-order valence-corrected chi connectivity index (χ4v) is 4.15. The fraction of sp³-hybridized carbons (Fsp3) is 0.421. The van der Waals surface area contributed by atoms with Crippen molar-refractivity contribution in [3.05, 3.63) is 33.3 Å². The summed E-state index contributed by atoms with van der Waals surface area (Å²) in [5.74, 6) is -1.27. The number of halogens is 2. The Morgan fingerprint density at radius 2 is 2.07 bits per heavy atom. The third kappa shape index (κ3) is 3.39. The number of ether oxygens (including phenoxy) is 1. The third-order valence-electron chi connectivity index (χ3n) is 5.31. The summed E-state index contributed by atoms with van der Waals surface area (Å²) in [4.78, 5) is 39.1. The van der Waals surface area contributed by atoms with Gasteiger partial charge in [-0.15, -0.1) is 0 Å². The number of carbonyl (C=O) groups is 2. The van der Waals surface area contributed by atoms with Gasteiger partial charge in [0.15, 0.2) is 5.75 Å².